The van der Waals surface area contributed by atoms with Crippen LogP contribution in [0.5, 0.6) is 5.75 Å². The molecule has 0 saturated carbocycles. The first-order chi connectivity index (χ1) is 14.6. The number of nitrogens with one attached hydrogen (secondary N) is 2. The predicted molar refractivity (Wildman–Crippen MR) is 123 cm³/mol. The van der Waals surface area contributed by atoms with Gasteiger partial charge in [-0.15, -0.1) is 11.3 Å². The molecule has 6 nitrogen and oxygen atoms in total. The number of aromatic nitrogens is 2. The molecular formula is C23H29N5OS. The van der Waals surface area contributed by atoms with Crippen LogP contribution in [-0.2, 0) is 19.7 Å². The summed E-state index contributed by atoms with van der Waals surface area (Å²) in [6, 6.07) is 13.8. The first kappa shape index (κ1) is 21.8. The first-order valence-corrected chi connectivity index (χ1v) is 11.1. The van der Waals surface area contributed by atoms with Crippen molar-refractivity contribution in [1.82, 2.24) is 20.6 Å². The van der Waals surface area contributed by atoms with Crippen molar-refractivity contribution in [2.24, 2.45) is 4.99 Å². The van der Waals surface area contributed by atoms with Crippen LogP contribution >= 0.6 is 11.3 Å². The molecule has 0 amide bonds. The second-order valence-electron chi connectivity index (χ2n) is 7.12. The summed E-state index contributed by atoms with van der Waals surface area (Å²) in [5, 5.41) is 9.85. The standard InChI is InChI=1S/C23H29N5OS/c1-4-24-23(27-14-22-28-21(16-30-22)17(2)3)26-13-18-8-10-20(11-9-18)29-15-19-7-5-6-12-25-19/h5-12,16-17H,4,13-15H2,1-3H3,(H2,24,26,27). The zero-order valence-corrected chi connectivity index (χ0v) is 18.6. The highest BCUT2D eigenvalue weighted by molar-refractivity contribution is 7.09. The average molecular weight is 424 g/mol. The van der Waals surface area contributed by atoms with Gasteiger partial charge in [0.1, 0.15) is 17.4 Å². The SMILES string of the molecule is CCNC(=NCc1ccc(OCc2ccccn2)cc1)NCc1nc(C(C)C)cs1. The van der Waals surface area contributed by atoms with Crippen LogP contribution in [0, 0.1) is 0 Å². The van der Waals surface area contributed by atoms with E-state index < -0.39 is 0 Å². The zero-order chi connectivity index (χ0) is 21.2. The molecule has 0 radical (unpaired) electrons. The molecule has 0 aliphatic heterocycles. The lowest BCUT2D eigenvalue weighted by molar-refractivity contribution is 0.301. The van der Waals surface area contributed by atoms with Crippen LogP contribution in [0.15, 0.2) is 59.0 Å². The van der Waals surface area contributed by atoms with Crippen LogP contribution in [0.2, 0.25) is 0 Å². The molecule has 0 saturated heterocycles. The molecule has 7 heteroatoms. The van der Waals surface area contributed by atoms with E-state index in [1.165, 1.54) is 0 Å². The summed E-state index contributed by atoms with van der Waals surface area (Å²) in [4.78, 5) is 13.6. The minimum Gasteiger partial charge on any atom is -0.487 e. The molecular weight excluding hydrogens is 394 g/mol. The Labute approximate surface area is 182 Å². The number of rotatable bonds is 9. The lowest BCUT2D eigenvalue weighted by atomic mass is 10.2. The van der Waals surface area contributed by atoms with E-state index >= 15 is 0 Å². The molecule has 0 atom stereocenters. The number of pyridine rings is 1. The quantitative estimate of drug-likeness (QED) is 0.392. The van der Waals surface area contributed by atoms with Gasteiger partial charge in [-0.25, -0.2) is 9.98 Å². The van der Waals surface area contributed by atoms with Crippen molar-refractivity contribution in [1.29, 1.82) is 0 Å². The van der Waals surface area contributed by atoms with Gasteiger partial charge in [0.2, 0.25) is 0 Å². The van der Waals surface area contributed by atoms with Gasteiger partial charge in [-0.05, 0) is 42.7 Å². The molecule has 3 aromatic rings. The fourth-order valence-electron chi connectivity index (χ4n) is 2.67. The third-order valence-corrected chi connectivity index (χ3v) is 5.24. The number of ether oxygens (including phenoxy) is 1. The van der Waals surface area contributed by atoms with Gasteiger partial charge in [-0.3, -0.25) is 4.98 Å². The van der Waals surface area contributed by atoms with Gasteiger partial charge in [0.15, 0.2) is 5.96 Å². The Hall–Kier alpha value is -2.93. The molecule has 0 unspecified atom stereocenters. The Bertz CT molecular complexity index is 922. The predicted octanol–water partition coefficient (Wildman–Crippen LogP) is 4.50. The lowest BCUT2D eigenvalue weighted by Crippen LogP contribution is -2.36. The monoisotopic (exact) mass is 423 g/mol. The van der Waals surface area contributed by atoms with Crippen molar-refractivity contribution >= 4 is 17.3 Å². The number of thiazole rings is 1. The third-order valence-electron chi connectivity index (χ3n) is 4.37. The molecule has 0 fully saturated rings. The molecule has 0 spiro atoms. The first-order valence-electron chi connectivity index (χ1n) is 10.2. The third kappa shape index (κ3) is 6.84. The maximum absolute atomic E-state index is 5.79. The number of nitrogens with zero attached hydrogens (tertiary/aromatic N) is 3. The van der Waals surface area contributed by atoms with E-state index in [1.807, 2.05) is 42.5 Å². The van der Waals surface area contributed by atoms with E-state index in [1.54, 1.807) is 17.5 Å². The van der Waals surface area contributed by atoms with Gasteiger partial charge in [0, 0.05) is 18.1 Å². The molecule has 2 heterocycles. The Kier molecular flexibility index (Phi) is 8.20. The molecule has 30 heavy (non-hydrogen) atoms. The number of hydrogen-bond acceptors (Lipinski definition) is 5. The van der Waals surface area contributed by atoms with E-state index in [-0.39, 0.29) is 0 Å². The number of benzene rings is 1. The fraction of sp³-hybridized carbons (Fsp3) is 0.348. The summed E-state index contributed by atoms with van der Waals surface area (Å²) < 4.78 is 5.79. The molecule has 2 aromatic heterocycles. The molecule has 0 bridgehead atoms. The van der Waals surface area contributed by atoms with Crippen molar-refractivity contribution in [3.63, 3.8) is 0 Å². The van der Waals surface area contributed by atoms with Crippen LogP contribution in [0.4, 0.5) is 0 Å². The van der Waals surface area contributed by atoms with Gasteiger partial charge < -0.3 is 15.4 Å². The van der Waals surface area contributed by atoms with E-state index in [0.717, 1.165) is 40.2 Å². The summed E-state index contributed by atoms with van der Waals surface area (Å²) >= 11 is 1.68. The molecule has 1 aromatic carbocycles. The number of hydrogen-bond donors (Lipinski definition) is 2. The van der Waals surface area contributed by atoms with E-state index in [9.17, 15) is 0 Å². The second kappa shape index (κ2) is 11.3. The summed E-state index contributed by atoms with van der Waals surface area (Å²) in [5.74, 6) is 2.06. The van der Waals surface area contributed by atoms with E-state index in [4.69, 9.17) is 4.74 Å². The highest BCUT2D eigenvalue weighted by atomic mass is 32.1. The molecule has 0 aliphatic carbocycles. The van der Waals surface area contributed by atoms with E-state index in [2.05, 4.69) is 51.7 Å². The van der Waals surface area contributed by atoms with Crippen LogP contribution in [0.3, 0.4) is 0 Å². The lowest BCUT2D eigenvalue weighted by Gasteiger charge is -2.10. The van der Waals surface area contributed by atoms with Gasteiger partial charge in [-0.2, -0.15) is 0 Å². The van der Waals surface area contributed by atoms with Gasteiger partial charge in [0.05, 0.1) is 24.5 Å². The average Bonchev–Trinajstić information content (AvgIpc) is 3.25. The van der Waals surface area contributed by atoms with Gasteiger partial charge in [0.25, 0.3) is 0 Å². The van der Waals surface area contributed by atoms with Crippen LogP contribution < -0.4 is 15.4 Å². The topological polar surface area (TPSA) is 71.4 Å². The highest BCUT2D eigenvalue weighted by Crippen LogP contribution is 2.17. The fourth-order valence-corrected chi connectivity index (χ4v) is 3.57. The Morgan fingerprint density at radius 2 is 1.97 bits per heavy atom. The van der Waals surface area contributed by atoms with Gasteiger partial charge >= 0.3 is 0 Å². The number of guanidine groups is 1. The Morgan fingerprint density at radius 3 is 2.63 bits per heavy atom. The highest BCUT2D eigenvalue weighted by Gasteiger charge is 2.06. The van der Waals surface area contributed by atoms with Crippen molar-refractivity contribution < 1.29 is 4.74 Å². The Morgan fingerprint density at radius 1 is 1.13 bits per heavy atom. The van der Waals surface area contributed by atoms with Crippen molar-refractivity contribution in [2.45, 2.75) is 46.4 Å². The zero-order valence-electron chi connectivity index (χ0n) is 17.8. The maximum atomic E-state index is 5.79. The normalized spacial score (nSPS) is 11.5. The minimum absolute atomic E-state index is 0.452. The summed E-state index contributed by atoms with van der Waals surface area (Å²) in [6.07, 6.45) is 1.77. The maximum Gasteiger partial charge on any atom is 0.191 e. The minimum atomic E-state index is 0.452. The molecule has 3 rings (SSSR count). The van der Waals surface area contributed by atoms with Crippen molar-refractivity contribution in [2.75, 3.05) is 6.54 Å². The van der Waals surface area contributed by atoms with Crippen LogP contribution in [0.1, 0.15) is 48.6 Å². The molecule has 0 aliphatic rings. The van der Waals surface area contributed by atoms with Gasteiger partial charge in [-0.1, -0.05) is 32.0 Å². The smallest absolute Gasteiger partial charge is 0.191 e. The van der Waals surface area contributed by atoms with Crippen molar-refractivity contribution in [3.8, 4) is 5.75 Å². The van der Waals surface area contributed by atoms with E-state index in [0.29, 0.717) is 25.6 Å². The molecule has 158 valence electrons. The number of aliphatic imine (C=N–C) groups is 1. The molecule has 2 N–H and O–H groups in total. The largest absolute Gasteiger partial charge is 0.487 e. The van der Waals surface area contributed by atoms with Crippen LogP contribution in [0.25, 0.3) is 0 Å². The van der Waals surface area contributed by atoms with Crippen LogP contribution in [-0.4, -0.2) is 22.5 Å². The summed E-state index contributed by atoms with van der Waals surface area (Å²) in [5.41, 5.74) is 3.17. The summed E-state index contributed by atoms with van der Waals surface area (Å²) in [6.45, 7) is 8.91. The van der Waals surface area contributed by atoms with Crippen molar-refractivity contribution in [3.05, 3.63) is 76.0 Å². The second-order valence-corrected chi connectivity index (χ2v) is 8.07. The Balaban J connectivity index is 1.51. The summed E-state index contributed by atoms with van der Waals surface area (Å²) in [7, 11) is 0.